The van der Waals surface area contributed by atoms with Crippen LogP contribution in [0.1, 0.15) is 40.0 Å². The van der Waals surface area contributed by atoms with Crippen LogP contribution in [0.2, 0.25) is 0 Å². The molecular weight excluding hydrogens is 180 g/mol. The molecule has 0 amide bonds. The van der Waals surface area contributed by atoms with Crippen LogP contribution in [0, 0.1) is 5.92 Å². The molecule has 0 aliphatic carbocycles. The average molecular weight is 202 g/mol. The van der Waals surface area contributed by atoms with Crippen molar-refractivity contribution in [2.75, 3.05) is 6.61 Å². The molecule has 0 bridgehead atoms. The van der Waals surface area contributed by atoms with E-state index in [-0.39, 0.29) is 5.95 Å². The first-order valence-corrected chi connectivity index (χ1v) is 5.31. The zero-order valence-electron chi connectivity index (χ0n) is 9.36. The van der Waals surface area contributed by atoms with Gasteiger partial charge in [-0.2, -0.15) is 0 Å². The topological polar surface area (TPSA) is 49.7 Å². The van der Waals surface area contributed by atoms with Gasteiger partial charge in [-0.05, 0) is 19.3 Å². The Labute approximate surface area is 86.4 Å². The summed E-state index contributed by atoms with van der Waals surface area (Å²) in [5.74, 6) is 0.319. The molecule has 2 N–H and O–H groups in total. The minimum absolute atomic E-state index is 0.172. The molecule has 14 heavy (non-hydrogen) atoms. The summed E-state index contributed by atoms with van der Waals surface area (Å²) in [4.78, 5) is 0. The van der Waals surface area contributed by atoms with Gasteiger partial charge in [0.1, 0.15) is 0 Å². The van der Waals surface area contributed by atoms with Crippen molar-refractivity contribution in [3.8, 4) is 0 Å². The largest absolute Gasteiger partial charge is 0.481 e. The van der Waals surface area contributed by atoms with Crippen molar-refractivity contribution in [2.24, 2.45) is 5.92 Å². The zero-order chi connectivity index (χ0) is 11.0. The number of hydrogen-bond donors (Lipinski definition) is 2. The van der Waals surface area contributed by atoms with E-state index in [4.69, 9.17) is 9.84 Å². The minimum Gasteiger partial charge on any atom is -0.481 e. The predicted molar refractivity (Wildman–Crippen MR) is 57.0 cm³/mol. The van der Waals surface area contributed by atoms with Crippen LogP contribution >= 0.6 is 0 Å². The molecule has 0 aromatic rings. The fourth-order valence-electron chi connectivity index (χ4n) is 1.27. The van der Waals surface area contributed by atoms with E-state index >= 15 is 0 Å². The van der Waals surface area contributed by atoms with Crippen molar-refractivity contribution in [2.45, 2.75) is 46.1 Å². The van der Waals surface area contributed by atoms with E-state index in [1.165, 1.54) is 6.08 Å². The van der Waals surface area contributed by atoms with Gasteiger partial charge in [0.05, 0.1) is 12.7 Å². The first kappa shape index (κ1) is 13.3. The van der Waals surface area contributed by atoms with E-state index in [1.54, 1.807) is 6.92 Å². The van der Waals surface area contributed by atoms with Gasteiger partial charge < -0.3 is 14.9 Å². The number of hydrogen-bond acceptors (Lipinski definition) is 3. The van der Waals surface area contributed by atoms with E-state index in [0.717, 1.165) is 19.3 Å². The normalized spacial score (nSPS) is 16.4. The molecule has 0 heterocycles. The third-order valence-electron chi connectivity index (χ3n) is 2.12. The van der Waals surface area contributed by atoms with E-state index in [1.807, 2.05) is 0 Å². The third-order valence-corrected chi connectivity index (χ3v) is 2.12. The Balaban J connectivity index is 3.78. The molecule has 3 heteroatoms. The van der Waals surface area contributed by atoms with Crippen LogP contribution < -0.4 is 0 Å². The van der Waals surface area contributed by atoms with Crippen LogP contribution in [0.5, 0.6) is 0 Å². The Hall–Kier alpha value is -0.700. The molecule has 0 aromatic heterocycles. The molecule has 3 nitrogen and oxygen atoms in total. The highest BCUT2D eigenvalue weighted by Crippen LogP contribution is 2.12. The number of aliphatic hydroxyl groups excluding tert-OH is 2. The Bertz CT molecular complexity index is 164. The van der Waals surface area contributed by atoms with Crippen molar-refractivity contribution in [3.05, 3.63) is 12.0 Å². The molecular formula is C11H22O3. The molecule has 2 atom stereocenters. The maximum Gasteiger partial charge on any atom is 0.275 e. The molecule has 0 fully saturated rings. The molecule has 0 radical (unpaired) electrons. The van der Waals surface area contributed by atoms with Crippen molar-refractivity contribution in [3.63, 3.8) is 0 Å². The lowest BCUT2D eigenvalue weighted by molar-refractivity contribution is 0.0606. The maximum absolute atomic E-state index is 9.21. The number of ether oxygens (including phenoxy) is 1. The Kier molecular flexibility index (Phi) is 7.30. The van der Waals surface area contributed by atoms with Crippen LogP contribution in [0.15, 0.2) is 12.0 Å². The first-order valence-electron chi connectivity index (χ1n) is 5.31. The zero-order valence-corrected chi connectivity index (χ0v) is 9.36. The summed E-state index contributed by atoms with van der Waals surface area (Å²) in [7, 11) is 0. The van der Waals surface area contributed by atoms with Gasteiger partial charge in [-0.1, -0.05) is 26.7 Å². The second-order valence-electron chi connectivity index (χ2n) is 3.62. The minimum atomic E-state index is -0.666. The van der Waals surface area contributed by atoms with Crippen LogP contribution in [0.25, 0.3) is 0 Å². The van der Waals surface area contributed by atoms with Gasteiger partial charge in [0.15, 0.2) is 0 Å². The summed E-state index contributed by atoms with van der Waals surface area (Å²) >= 11 is 0. The van der Waals surface area contributed by atoms with Crippen molar-refractivity contribution in [1.29, 1.82) is 0 Å². The fraction of sp³-hybridized carbons (Fsp3) is 0.818. The van der Waals surface area contributed by atoms with Crippen molar-refractivity contribution in [1.82, 2.24) is 0 Å². The highest BCUT2D eigenvalue weighted by molar-refractivity contribution is 4.86. The quantitative estimate of drug-likeness (QED) is 0.624. The van der Waals surface area contributed by atoms with E-state index in [9.17, 15) is 5.11 Å². The van der Waals surface area contributed by atoms with Crippen molar-refractivity contribution >= 4 is 0 Å². The lowest BCUT2D eigenvalue weighted by Gasteiger charge is -2.14. The monoisotopic (exact) mass is 202 g/mol. The molecule has 0 aliphatic heterocycles. The summed E-state index contributed by atoms with van der Waals surface area (Å²) in [6.45, 7) is 6.34. The van der Waals surface area contributed by atoms with Gasteiger partial charge in [0.25, 0.3) is 5.95 Å². The molecule has 0 spiro atoms. The number of rotatable bonds is 7. The van der Waals surface area contributed by atoms with Gasteiger partial charge in [-0.3, -0.25) is 0 Å². The summed E-state index contributed by atoms with van der Waals surface area (Å²) in [5, 5.41) is 18.1. The number of aliphatic hydroxyl groups is 2. The highest BCUT2D eigenvalue weighted by atomic mass is 16.6. The molecule has 84 valence electrons. The third kappa shape index (κ3) is 6.78. The first-order chi connectivity index (χ1) is 6.60. The van der Waals surface area contributed by atoms with E-state index < -0.39 is 6.10 Å². The smallest absolute Gasteiger partial charge is 0.275 e. The average Bonchev–Trinajstić information content (AvgIpc) is 2.11. The summed E-state index contributed by atoms with van der Waals surface area (Å²) in [6.07, 6.45) is 3.91. The molecule has 0 saturated heterocycles. The Morgan fingerprint density at radius 2 is 2.07 bits per heavy atom. The molecule has 2 unspecified atom stereocenters. The SMILES string of the molecule is CCCC(CC)COC(O)=CC(C)O. The van der Waals surface area contributed by atoms with E-state index in [2.05, 4.69) is 13.8 Å². The van der Waals surface area contributed by atoms with Crippen molar-refractivity contribution < 1.29 is 14.9 Å². The summed E-state index contributed by atoms with van der Waals surface area (Å²) in [6, 6.07) is 0. The van der Waals surface area contributed by atoms with Crippen LogP contribution in [-0.4, -0.2) is 22.9 Å². The Morgan fingerprint density at radius 1 is 1.43 bits per heavy atom. The fourth-order valence-corrected chi connectivity index (χ4v) is 1.27. The van der Waals surface area contributed by atoms with Crippen LogP contribution in [-0.2, 0) is 4.74 Å². The van der Waals surface area contributed by atoms with Crippen LogP contribution in [0.4, 0.5) is 0 Å². The van der Waals surface area contributed by atoms with Gasteiger partial charge in [0.2, 0.25) is 0 Å². The lowest BCUT2D eigenvalue weighted by Crippen LogP contribution is -2.09. The molecule has 0 saturated carbocycles. The Morgan fingerprint density at radius 3 is 2.50 bits per heavy atom. The van der Waals surface area contributed by atoms with E-state index in [0.29, 0.717) is 12.5 Å². The molecule has 0 aliphatic rings. The maximum atomic E-state index is 9.21. The van der Waals surface area contributed by atoms with Crippen LogP contribution in [0.3, 0.4) is 0 Å². The second-order valence-corrected chi connectivity index (χ2v) is 3.62. The van der Waals surface area contributed by atoms with Gasteiger partial charge >= 0.3 is 0 Å². The summed E-state index contributed by atoms with van der Waals surface area (Å²) < 4.78 is 5.12. The highest BCUT2D eigenvalue weighted by Gasteiger charge is 2.06. The standard InChI is InChI=1S/C11H22O3/c1-4-6-10(5-2)8-14-11(13)7-9(3)12/h7,9-10,12-13H,4-6,8H2,1-3H3. The molecule has 0 aromatic carbocycles. The van der Waals surface area contributed by atoms with Gasteiger partial charge in [-0.15, -0.1) is 0 Å². The summed E-state index contributed by atoms with van der Waals surface area (Å²) in [5.41, 5.74) is 0. The predicted octanol–water partition coefficient (Wildman–Crippen LogP) is 2.61. The second kappa shape index (κ2) is 7.68. The lowest BCUT2D eigenvalue weighted by atomic mass is 10.0. The van der Waals surface area contributed by atoms with Gasteiger partial charge in [-0.25, -0.2) is 0 Å². The van der Waals surface area contributed by atoms with Gasteiger partial charge in [0, 0.05) is 6.08 Å². The molecule has 0 rings (SSSR count).